The van der Waals surface area contributed by atoms with Gasteiger partial charge in [-0.25, -0.2) is 0 Å². The van der Waals surface area contributed by atoms with E-state index < -0.39 is 0 Å². The monoisotopic (exact) mass is 481 g/mol. The SMILES string of the molecule is Cc1ccc(C)c(OCc2nnc(SCC(=O)Nc3sc4c(c3C#N)CCCCC4)n2C)c1. The molecule has 0 radical (unpaired) electrons. The van der Waals surface area contributed by atoms with Crippen LogP contribution in [0.5, 0.6) is 5.75 Å². The number of anilines is 1. The zero-order valence-electron chi connectivity index (χ0n) is 19.1. The molecule has 0 bridgehead atoms. The Bertz CT molecular complexity index is 1210. The molecule has 2 heterocycles. The number of hydrogen-bond acceptors (Lipinski definition) is 7. The van der Waals surface area contributed by atoms with Crippen LogP contribution >= 0.6 is 23.1 Å². The Morgan fingerprint density at radius 1 is 1.27 bits per heavy atom. The lowest BCUT2D eigenvalue weighted by Crippen LogP contribution is -2.14. The number of thioether (sulfide) groups is 1. The molecule has 1 aliphatic rings. The van der Waals surface area contributed by atoms with Gasteiger partial charge in [0.25, 0.3) is 0 Å². The van der Waals surface area contributed by atoms with Crippen LogP contribution in [0.25, 0.3) is 0 Å². The molecular formula is C24H27N5O2S2. The zero-order valence-corrected chi connectivity index (χ0v) is 20.7. The van der Waals surface area contributed by atoms with E-state index in [1.165, 1.54) is 23.1 Å². The van der Waals surface area contributed by atoms with Crippen LogP contribution in [0.15, 0.2) is 23.4 Å². The second-order valence-electron chi connectivity index (χ2n) is 8.23. The van der Waals surface area contributed by atoms with Crippen molar-refractivity contribution in [1.82, 2.24) is 14.8 Å². The highest BCUT2D eigenvalue weighted by atomic mass is 32.2. The Morgan fingerprint density at radius 3 is 2.91 bits per heavy atom. The average Bonchev–Trinajstić information content (AvgIpc) is 3.21. The topological polar surface area (TPSA) is 92.8 Å². The van der Waals surface area contributed by atoms with E-state index in [9.17, 15) is 10.1 Å². The zero-order chi connectivity index (χ0) is 23.4. The molecule has 9 heteroatoms. The number of aryl methyl sites for hydroxylation is 3. The Kier molecular flexibility index (Phi) is 7.36. The average molecular weight is 482 g/mol. The quantitative estimate of drug-likeness (QED) is 0.379. The van der Waals surface area contributed by atoms with E-state index in [0.717, 1.165) is 48.1 Å². The molecule has 172 valence electrons. The summed E-state index contributed by atoms with van der Waals surface area (Å²) in [4.78, 5) is 13.9. The second kappa shape index (κ2) is 10.4. The van der Waals surface area contributed by atoms with E-state index in [2.05, 4.69) is 27.6 Å². The highest BCUT2D eigenvalue weighted by Crippen LogP contribution is 2.37. The Hall–Kier alpha value is -2.83. The maximum Gasteiger partial charge on any atom is 0.235 e. The molecule has 7 nitrogen and oxygen atoms in total. The second-order valence-corrected chi connectivity index (χ2v) is 10.3. The van der Waals surface area contributed by atoms with Crippen LogP contribution in [0.3, 0.4) is 0 Å². The van der Waals surface area contributed by atoms with Crippen molar-refractivity contribution in [2.45, 2.75) is 57.7 Å². The number of carbonyl (C=O) groups excluding carboxylic acids is 1. The van der Waals surface area contributed by atoms with Crippen molar-refractivity contribution in [2.24, 2.45) is 7.05 Å². The first-order chi connectivity index (χ1) is 16.0. The first-order valence-corrected chi connectivity index (χ1v) is 12.8. The largest absolute Gasteiger partial charge is 0.485 e. The first kappa shape index (κ1) is 23.3. The molecule has 2 aromatic heterocycles. The number of nitrogens with one attached hydrogen (secondary N) is 1. The van der Waals surface area contributed by atoms with E-state index >= 15 is 0 Å². The summed E-state index contributed by atoms with van der Waals surface area (Å²) in [6, 6.07) is 8.40. The van der Waals surface area contributed by atoms with Crippen molar-refractivity contribution in [2.75, 3.05) is 11.1 Å². The fraction of sp³-hybridized carbons (Fsp3) is 0.417. The van der Waals surface area contributed by atoms with Crippen molar-refractivity contribution < 1.29 is 9.53 Å². The van der Waals surface area contributed by atoms with Gasteiger partial charge in [0, 0.05) is 11.9 Å². The van der Waals surface area contributed by atoms with Crippen molar-refractivity contribution >= 4 is 34.0 Å². The molecule has 0 saturated carbocycles. The number of carbonyl (C=O) groups is 1. The van der Waals surface area contributed by atoms with Gasteiger partial charge in [0.1, 0.15) is 23.4 Å². The molecular weight excluding hydrogens is 454 g/mol. The lowest BCUT2D eigenvalue weighted by atomic mass is 10.1. The smallest absolute Gasteiger partial charge is 0.235 e. The molecule has 0 atom stereocenters. The minimum absolute atomic E-state index is 0.149. The van der Waals surface area contributed by atoms with Gasteiger partial charge in [-0.2, -0.15) is 5.26 Å². The molecule has 1 N–H and O–H groups in total. The van der Waals surface area contributed by atoms with E-state index in [4.69, 9.17) is 4.74 Å². The summed E-state index contributed by atoms with van der Waals surface area (Å²) in [7, 11) is 1.87. The van der Waals surface area contributed by atoms with Crippen LogP contribution in [0.4, 0.5) is 5.00 Å². The Labute approximate surface area is 202 Å². The van der Waals surface area contributed by atoms with Crippen molar-refractivity contribution in [3.05, 3.63) is 51.2 Å². The minimum atomic E-state index is -0.149. The van der Waals surface area contributed by atoms with Crippen LogP contribution in [-0.2, 0) is 31.3 Å². The molecule has 4 rings (SSSR count). The van der Waals surface area contributed by atoms with Gasteiger partial charge in [0.2, 0.25) is 5.91 Å². The molecule has 1 amide bonds. The van der Waals surface area contributed by atoms with E-state index in [1.54, 1.807) is 11.3 Å². The third-order valence-corrected chi connectivity index (χ3v) is 7.97. The molecule has 0 unspecified atom stereocenters. The first-order valence-electron chi connectivity index (χ1n) is 11.0. The number of aromatic nitrogens is 3. The molecule has 0 saturated heterocycles. The third-order valence-electron chi connectivity index (χ3n) is 5.74. The molecule has 33 heavy (non-hydrogen) atoms. The summed E-state index contributed by atoms with van der Waals surface area (Å²) in [5.41, 5.74) is 3.97. The molecule has 0 spiro atoms. The van der Waals surface area contributed by atoms with Gasteiger partial charge in [-0.3, -0.25) is 4.79 Å². The van der Waals surface area contributed by atoms with Gasteiger partial charge in [-0.15, -0.1) is 21.5 Å². The number of benzene rings is 1. The maximum atomic E-state index is 12.6. The maximum absolute atomic E-state index is 12.6. The number of fused-ring (bicyclic) bond motifs is 1. The van der Waals surface area contributed by atoms with Crippen molar-refractivity contribution in [3.63, 3.8) is 0 Å². The summed E-state index contributed by atoms with van der Waals surface area (Å²) >= 11 is 2.87. The molecule has 0 aliphatic heterocycles. The lowest BCUT2D eigenvalue weighted by molar-refractivity contribution is -0.113. The number of amides is 1. The van der Waals surface area contributed by atoms with E-state index in [0.29, 0.717) is 28.2 Å². The number of hydrogen-bond donors (Lipinski definition) is 1. The van der Waals surface area contributed by atoms with Gasteiger partial charge in [-0.05, 0) is 62.3 Å². The molecule has 0 fully saturated rings. The van der Waals surface area contributed by atoms with E-state index in [-0.39, 0.29) is 11.7 Å². The van der Waals surface area contributed by atoms with Crippen LogP contribution in [0.1, 0.15) is 52.2 Å². The summed E-state index contributed by atoms with van der Waals surface area (Å²) < 4.78 is 7.78. The van der Waals surface area contributed by atoms with Crippen LogP contribution in [-0.4, -0.2) is 26.4 Å². The number of thiophene rings is 1. The molecule has 3 aromatic rings. The van der Waals surface area contributed by atoms with Gasteiger partial charge >= 0.3 is 0 Å². The van der Waals surface area contributed by atoms with Crippen molar-refractivity contribution in [3.8, 4) is 11.8 Å². The standard InChI is InChI=1S/C24H27N5O2S2/c1-15-9-10-16(2)19(11-15)31-13-21-27-28-24(29(21)3)32-14-22(30)26-23-18(12-25)17-7-5-4-6-8-20(17)33-23/h9-11H,4-8,13-14H2,1-3H3,(H,26,30). The number of nitriles is 1. The van der Waals surface area contributed by atoms with Gasteiger partial charge in [0.15, 0.2) is 11.0 Å². The summed E-state index contributed by atoms with van der Waals surface area (Å²) in [6.07, 6.45) is 5.35. The number of ether oxygens (including phenoxy) is 1. The van der Waals surface area contributed by atoms with Gasteiger partial charge in [0.05, 0.1) is 11.3 Å². The van der Waals surface area contributed by atoms with Crippen LogP contribution in [0.2, 0.25) is 0 Å². The lowest BCUT2D eigenvalue weighted by Gasteiger charge is -2.10. The highest BCUT2D eigenvalue weighted by molar-refractivity contribution is 7.99. The number of rotatable bonds is 7. The van der Waals surface area contributed by atoms with Gasteiger partial charge in [-0.1, -0.05) is 30.3 Å². The van der Waals surface area contributed by atoms with E-state index in [1.807, 2.05) is 37.6 Å². The van der Waals surface area contributed by atoms with Crippen LogP contribution in [0, 0.1) is 25.2 Å². The fourth-order valence-electron chi connectivity index (χ4n) is 3.84. The summed E-state index contributed by atoms with van der Waals surface area (Å²) in [5.74, 6) is 1.56. The summed E-state index contributed by atoms with van der Waals surface area (Å²) in [6.45, 7) is 4.34. The molecule has 1 aliphatic carbocycles. The predicted molar refractivity (Wildman–Crippen MR) is 131 cm³/mol. The Morgan fingerprint density at radius 2 is 2.09 bits per heavy atom. The van der Waals surface area contributed by atoms with Gasteiger partial charge < -0.3 is 14.6 Å². The minimum Gasteiger partial charge on any atom is -0.485 e. The normalized spacial score (nSPS) is 13.2. The number of nitrogens with zero attached hydrogens (tertiary/aromatic N) is 4. The third kappa shape index (κ3) is 5.40. The summed E-state index contributed by atoms with van der Waals surface area (Å²) in [5, 5.41) is 22.3. The highest BCUT2D eigenvalue weighted by Gasteiger charge is 2.21. The van der Waals surface area contributed by atoms with Crippen LogP contribution < -0.4 is 10.1 Å². The molecule has 1 aromatic carbocycles. The predicted octanol–water partition coefficient (Wildman–Crippen LogP) is 4.94. The fourth-order valence-corrected chi connectivity index (χ4v) is 5.83. The van der Waals surface area contributed by atoms with Crippen molar-refractivity contribution in [1.29, 1.82) is 5.26 Å². The Balaban J connectivity index is 1.35.